The summed E-state index contributed by atoms with van der Waals surface area (Å²) in [5.41, 5.74) is -0.0892. The van der Waals surface area contributed by atoms with E-state index in [-0.39, 0.29) is 23.3 Å². The largest absolute Gasteiger partial charge is 0.223 e. The van der Waals surface area contributed by atoms with Crippen LogP contribution in [0.3, 0.4) is 0 Å². The molecule has 116 valence electrons. The van der Waals surface area contributed by atoms with E-state index < -0.39 is 26.2 Å². The number of hydrogen-bond acceptors (Lipinski definition) is 2. The molecule has 3 rings (SSSR count). The van der Waals surface area contributed by atoms with Crippen molar-refractivity contribution in [1.82, 2.24) is 0 Å². The molecule has 6 heteroatoms. The molecule has 0 aromatic heterocycles. The van der Waals surface area contributed by atoms with Crippen molar-refractivity contribution < 1.29 is 17.2 Å². The molecule has 0 N–H and O–H groups in total. The minimum Gasteiger partial charge on any atom is -0.223 e. The Hall–Kier alpha value is -1.46. The first kappa shape index (κ1) is 15.4. The van der Waals surface area contributed by atoms with Gasteiger partial charge >= 0.3 is 0 Å². The molecule has 0 saturated heterocycles. The Morgan fingerprint density at radius 3 is 2.18 bits per heavy atom. The Morgan fingerprint density at radius 2 is 1.64 bits per heavy atom. The van der Waals surface area contributed by atoms with Gasteiger partial charge in [0.1, 0.15) is 16.4 Å². The fourth-order valence-electron chi connectivity index (χ4n) is 2.87. The molecule has 0 atom stereocenters. The summed E-state index contributed by atoms with van der Waals surface area (Å²) in [4.78, 5) is 0.0697. The molecule has 0 unspecified atom stereocenters. The van der Waals surface area contributed by atoms with Crippen LogP contribution in [-0.2, 0) is 14.6 Å². The number of hydrogen-bond donors (Lipinski definition) is 0. The fraction of sp³-hybridized carbons (Fsp3) is 0.250. The molecule has 1 aliphatic rings. The highest BCUT2D eigenvalue weighted by atomic mass is 35.5. The Balaban J connectivity index is 2.17. The van der Waals surface area contributed by atoms with Crippen LogP contribution in [0, 0.1) is 11.6 Å². The molecular formula is C16H13ClF2O2S. The lowest BCUT2D eigenvalue weighted by Crippen LogP contribution is -2.43. The van der Waals surface area contributed by atoms with Gasteiger partial charge in [0.25, 0.3) is 0 Å². The molecule has 0 radical (unpaired) electrons. The van der Waals surface area contributed by atoms with Crippen LogP contribution in [0.5, 0.6) is 0 Å². The molecule has 1 fully saturated rings. The molecule has 2 nitrogen and oxygen atoms in total. The van der Waals surface area contributed by atoms with Gasteiger partial charge in [-0.05, 0) is 61.7 Å². The van der Waals surface area contributed by atoms with Crippen molar-refractivity contribution >= 4 is 21.4 Å². The Labute approximate surface area is 132 Å². The zero-order valence-corrected chi connectivity index (χ0v) is 13.1. The molecule has 0 amide bonds. The van der Waals surface area contributed by atoms with E-state index in [9.17, 15) is 17.2 Å². The predicted molar refractivity (Wildman–Crippen MR) is 80.5 cm³/mol. The summed E-state index contributed by atoms with van der Waals surface area (Å²) in [5.74, 6) is -1.34. The lowest BCUT2D eigenvalue weighted by atomic mass is 9.78. The summed E-state index contributed by atoms with van der Waals surface area (Å²) < 4.78 is 52.2. The summed E-state index contributed by atoms with van der Waals surface area (Å²) in [5, 5.41) is 0.415. The maximum atomic E-state index is 14.1. The summed E-state index contributed by atoms with van der Waals surface area (Å²) in [7, 11) is -3.84. The molecule has 0 spiro atoms. The smallest absolute Gasteiger partial charge is 0.188 e. The van der Waals surface area contributed by atoms with Gasteiger partial charge in [-0.1, -0.05) is 11.6 Å². The van der Waals surface area contributed by atoms with Crippen LogP contribution >= 0.6 is 11.6 Å². The third-order valence-electron chi connectivity index (χ3n) is 4.22. The van der Waals surface area contributed by atoms with Crippen LogP contribution in [-0.4, -0.2) is 8.42 Å². The van der Waals surface area contributed by atoms with Crippen molar-refractivity contribution in [3.63, 3.8) is 0 Å². The van der Waals surface area contributed by atoms with E-state index in [0.29, 0.717) is 11.4 Å². The quantitative estimate of drug-likeness (QED) is 0.824. The van der Waals surface area contributed by atoms with Crippen molar-refractivity contribution in [2.24, 2.45) is 0 Å². The normalized spacial score (nSPS) is 17.0. The van der Waals surface area contributed by atoms with Crippen molar-refractivity contribution in [3.05, 3.63) is 64.7 Å². The van der Waals surface area contributed by atoms with Crippen LogP contribution in [0.2, 0.25) is 5.02 Å². The van der Waals surface area contributed by atoms with E-state index in [1.54, 1.807) is 0 Å². The summed E-state index contributed by atoms with van der Waals surface area (Å²) in [6, 6.07) is 8.69. The van der Waals surface area contributed by atoms with Gasteiger partial charge in [-0.15, -0.1) is 0 Å². The van der Waals surface area contributed by atoms with Gasteiger partial charge < -0.3 is 0 Å². The SMILES string of the molecule is O=S(=O)(c1ccc(Cl)cc1)C1(c2cc(F)ccc2F)CCC1. The molecule has 0 aliphatic heterocycles. The minimum atomic E-state index is -3.84. The highest BCUT2D eigenvalue weighted by Gasteiger charge is 2.52. The topological polar surface area (TPSA) is 34.1 Å². The Bertz CT molecular complexity index is 813. The predicted octanol–water partition coefficient (Wildman–Crippen LogP) is 4.47. The fourth-order valence-corrected chi connectivity index (χ4v) is 5.21. The summed E-state index contributed by atoms with van der Waals surface area (Å²) >= 11 is 5.78. The summed E-state index contributed by atoms with van der Waals surface area (Å²) in [6.07, 6.45) is 1.21. The highest BCUT2D eigenvalue weighted by molar-refractivity contribution is 7.92. The Kier molecular flexibility index (Phi) is 3.73. The maximum Gasteiger partial charge on any atom is 0.188 e. The van der Waals surface area contributed by atoms with E-state index in [4.69, 9.17) is 11.6 Å². The van der Waals surface area contributed by atoms with Gasteiger partial charge in [0.05, 0.1) is 4.90 Å². The number of rotatable bonds is 3. The highest BCUT2D eigenvalue weighted by Crippen LogP contribution is 2.51. The van der Waals surface area contributed by atoms with Crippen LogP contribution in [0.4, 0.5) is 8.78 Å². The first-order valence-electron chi connectivity index (χ1n) is 6.83. The molecule has 0 heterocycles. The molecule has 22 heavy (non-hydrogen) atoms. The monoisotopic (exact) mass is 342 g/mol. The lowest BCUT2D eigenvalue weighted by molar-refractivity contribution is 0.332. The van der Waals surface area contributed by atoms with Crippen LogP contribution in [0.1, 0.15) is 24.8 Å². The lowest BCUT2D eigenvalue weighted by Gasteiger charge is -2.41. The molecule has 1 aliphatic carbocycles. The Morgan fingerprint density at radius 1 is 1.00 bits per heavy atom. The van der Waals surface area contributed by atoms with E-state index in [1.165, 1.54) is 24.3 Å². The second-order valence-corrected chi connectivity index (χ2v) is 8.13. The van der Waals surface area contributed by atoms with Gasteiger partial charge in [-0.25, -0.2) is 17.2 Å². The number of halogens is 3. The van der Waals surface area contributed by atoms with E-state index in [0.717, 1.165) is 18.2 Å². The van der Waals surface area contributed by atoms with Gasteiger partial charge in [0.2, 0.25) is 0 Å². The van der Waals surface area contributed by atoms with Gasteiger partial charge in [0.15, 0.2) is 9.84 Å². The van der Waals surface area contributed by atoms with Gasteiger partial charge in [-0.2, -0.15) is 0 Å². The molecule has 0 bridgehead atoms. The molecular weight excluding hydrogens is 330 g/mol. The molecule has 2 aromatic rings. The third kappa shape index (κ3) is 2.23. The second-order valence-electron chi connectivity index (χ2n) is 5.43. The van der Waals surface area contributed by atoms with E-state index in [2.05, 4.69) is 0 Å². The van der Waals surface area contributed by atoms with Crippen molar-refractivity contribution in [3.8, 4) is 0 Å². The molecule has 2 aromatic carbocycles. The van der Waals surface area contributed by atoms with Crippen LogP contribution < -0.4 is 0 Å². The second kappa shape index (κ2) is 5.32. The molecule has 1 saturated carbocycles. The zero-order chi connectivity index (χ0) is 16.0. The first-order valence-corrected chi connectivity index (χ1v) is 8.69. The maximum absolute atomic E-state index is 14.1. The van der Waals surface area contributed by atoms with Crippen LogP contribution in [0.25, 0.3) is 0 Å². The van der Waals surface area contributed by atoms with Crippen LogP contribution in [0.15, 0.2) is 47.4 Å². The van der Waals surface area contributed by atoms with Gasteiger partial charge in [-0.3, -0.25) is 0 Å². The third-order valence-corrected chi connectivity index (χ3v) is 7.02. The number of benzene rings is 2. The average Bonchev–Trinajstić information content (AvgIpc) is 2.41. The minimum absolute atomic E-state index is 0.0697. The van der Waals surface area contributed by atoms with Crippen molar-refractivity contribution in [2.75, 3.05) is 0 Å². The van der Waals surface area contributed by atoms with Gasteiger partial charge in [0, 0.05) is 10.6 Å². The standard InChI is InChI=1S/C16H13ClF2O2S/c17-11-2-5-13(6-3-11)22(20,21)16(8-1-9-16)14-10-12(18)4-7-15(14)19/h2-7,10H,1,8-9H2. The summed E-state index contributed by atoms with van der Waals surface area (Å²) in [6.45, 7) is 0. The van der Waals surface area contributed by atoms with E-state index >= 15 is 0 Å². The first-order chi connectivity index (χ1) is 10.4. The van der Waals surface area contributed by atoms with E-state index in [1.807, 2.05) is 0 Å². The van der Waals surface area contributed by atoms with Crippen molar-refractivity contribution in [2.45, 2.75) is 28.9 Å². The zero-order valence-electron chi connectivity index (χ0n) is 11.5. The number of sulfone groups is 1. The van der Waals surface area contributed by atoms with Crippen molar-refractivity contribution in [1.29, 1.82) is 0 Å². The average molecular weight is 343 g/mol.